The van der Waals surface area contributed by atoms with E-state index in [1.807, 2.05) is 24.3 Å². The summed E-state index contributed by atoms with van der Waals surface area (Å²) in [6, 6.07) is 9.77. The molecule has 2 saturated carbocycles. The second-order valence-electron chi connectivity index (χ2n) is 10.3. The van der Waals surface area contributed by atoms with Gasteiger partial charge in [-0.25, -0.2) is 9.97 Å². The first kappa shape index (κ1) is 37.9. The minimum Gasteiger partial charge on any atom is -0.395 e. The van der Waals surface area contributed by atoms with Crippen LogP contribution >= 0.6 is 55.1 Å². The van der Waals surface area contributed by atoms with E-state index in [1.165, 1.54) is 10.6 Å². The Morgan fingerprint density at radius 2 is 1.38 bits per heavy atom. The normalized spacial score (nSPS) is 15.5. The summed E-state index contributed by atoms with van der Waals surface area (Å²) in [6.07, 6.45) is 3.80. The zero-order chi connectivity index (χ0) is 26.2. The number of pyridine rings is 2. The molecule has 4 rings (SSSR count). The van der Waals surface area contributed by atoms with Crippen molar-refractivity contribution in [2.45, 2.75) is 74.8 Å². The molecule has 0 bridgehead atoms. The summed E-state index contributed by atoms with van der Waals surface area (Å²) in [6.45, 7) is 9.47. The van der Waals surface area contributed by atoms with Gasteiger partial charge in [-0.15, -0.1) is 0 Å². The van der Waals surface area contributed by atoms with E-state index in [2.05, 4.69) is 75.6 Å². The Balaban J connectivity index is 0. The van der Waals surface area contributed by atoms with Crippen LogP contribution in [0.15, 0.2) is 33.5 Å². The predicted molar refractivity (Wildman–Crippen MR) is 168 cm³/mol. The first-order chi connectivity index (χ1) is 16.5. The maximum absolute atomic E-state index is 9.21. The van der Waals surface area contributed by atoms with Crippen LogP contribution in [0.25, 0.3) is 0 Å². The molecule has 2 aliphatic carbocycles. The van der Waals surface area contributed by atoms with E-state index >= 15 is 0 Å². The van der Waals surface area contributed by atoms with E-state index in [-0.39, 0.29) is 56.8 Å². The van der Waals surface area contributed by atoms with Crippen molar-refractivity contribution < 1.29 is 36.1 Å². The van der Waals surface area contributed by atoms with E-state index in [0.29, 0.717) is 30.1 Å². The van der Waals surface area contributed by atoms with E-state index in [1.54, 1.807) is 0 Å². The summed E-state index contributed by atoms with van der Waals surface area (Å²) < 4.78 is 1.44. The zero-order valence-electron chi connectivity index (χ0n) is 21.9. The molecule has 2 heterocycles. The largest absolute Gasteiger partial charge is 1.00 e. The fraction of sp³-hybridized carbons (Fsp3) is 0.577. The molecule has 0 spiro atoms. The van der Waals surface area contributed by atoms with Crippen LogP contribution in [-0.4, -0.2) is 45.3 Å². The van der Waals surface area contributed by atoms with Crippen LogP contribution in [0.3, 0.4) is 0 Å². The molecule has 0 atom stereocenters. The standard InChI is InChI=1S/C9H6BrClN2.C9H9BrClNO.2C4H9.Al.BH4.Na.H2.H/c10-7-2-1-6(8(11)13-7)9(5-12)3-4-9;10-7-2-1-6(8(11)12-7)9(5-13)3-4-9;2*1-4(2)3;;;;;/h1-2H,3-4H2;1-2,13H,3-5H2;2*4H,1H2,2-3H3;;1H4;;1H;/q;;;;;-1;+1;;. The van der Waals surface area contributed by atoms with Gasteiger partial charge in [0.1, 0.15) is 19.5 Å². The van der Waals surface area contributed by atoms with E-state index in [9.17, 15) is 5.11 Å². The molecule has 0 aliphatic heterocycles. The van der Waals surface area contributed by atoms with Gasteiger partial charge in [-0.2, -0.15) is 5.26 Å². The second-order valence-corrected chi connectivity index (χ2v) is 14.5. The predicted octanol–water partition coefficient (Wildman–Crippen LogP) is 3.94. The van der Waals surface area contributed by atoms with Crippen LogP contribution in [0.1, 0.15) is 65.9 Å². The SMILES string of the molecule is CC(C)[CH2][AlH][CH2]C(C)C.N#CC1(c2ccc(Br)nc2Cl)CC1.OCC1(c2ccc(Br)nc2Cl)CC1.[BH4-].[HH].[Na+]. The van der Waals surface area contributed by atoms with Gasteiger partial charge in [0, 0.05) is 12.4 Å². The molecule has 11 heteroatoms. The summed E-state index contributed by atoms with van der Waals surface area (Å²) >= 11 is 18.7. The molecule has 0 radical (unpaired) electrons. The van der Waals surface area contributed by atoms with Crippen molar-refractivity contribution in [3.63, 3.8) is 0 Å². The van der Waals surface area contributed by atoms with Gasteiger partial charge < -0.3 is 5.11 Å². The maximum atomic E-state index is 9.21. The van der Waals surface area contributed by atoms with E-state index < -0.39 is 0 Å². The van der Waals surface area contributed by atoms with Crippen LogP contribution in [-0.2, 0) is 10.8 Å². The van der Waals surface area contributed by atoms with Gasteiger partial charge in [0.25, 0.3) is 0 Å². The van der Waals surface area contributed by atoms with Crippen LogP contribution in [0.2, 0.25) is 20.9 Å². The molecule has 4 nitrogen and oxygen atoms in total. The fourth-order valence-corrected chi connectivity index (χ4v) is 7.12. The Labute approximate surface area is 281 Å². The number of hydrogen-bond acceptors (Lipinski definition) is 4. The average molecular weight is 702 g/mol. The van der Waals surface area contributed by atoms with Crippen LogP contribution in [0.5, 0.6) is 0 Å². The number of nitriles is 1. The Hall–Kier alpha value is 0.887. The Bertz CT molecular complexity index is 1030. The first-order valence-corrected chi connectivity index (χ1v) is 16.5. The topological polar surface area (TPSA) is 69.8 Å². The molecule has 1 N–H and O–H groups in total. The second kappa shape index (κ2) is 17.6. The summed E-state index contributed by atoms with van der Waals surface area (Å²) in [7, 11) is 0. The number of aliphatic hydroxyl groups is 1. The van der Waals surface area contributed by atoms with Crippen molar-refractivity contribution in [2.24, 2.45) is 11.8 Å². The van der Waals surface area contributed by atoms with Crippen molar-refractivity contribution in [1.29, 1.82) is 5.26 Å². The Kier molecular flexibility index (Phi) is 18.1. The van der Waals surface area contributed by atoms with Crippen molar-refractivity contribution in [3.05, 3.63) is 54.9 Å². The molecule has 2 aromatic rings. The van der Waals surface area contributed by atoms with Crippen molar-refractivity contribution >= 4 is 78.7 Å². The van der Waals surface area contributed by atoms with Gasteiger partial charge in [0.05, 0.1) is 18.1 Å². The van der Waals surface area contributed by atoms with E-state index in [4.69, 9.17) is 28.5 Å². The first-order valence-electron chi connectivity index (χ1n) is 12.2. The molecule has 0 aromatic carbocycles. The van der Waals surface area contributed by atoms with Gasteiger partial charge in [-0.3, -0.25) is 0 Å². The van der Waals surface area contributed by atoms with Gasteiger partial charge in [-0.05, 0) is 75.2 Å². The van der Waals surface area contributed by atoms with Crippen molar-refractivity contribution in [1.82, 2.24) is 9.97 Å². The van der Waals surface area contributed by atoms with E-state index in [0.717, 1.165) is 53.2 Å². The number of halogens is 4. The van der Waals surface area contributed by atoms with Crippen molar-refractivity contribution in [3.8, 4) is 6.07 Å². The Morgan fingerprint density at radius 1 is 0.946 bits per heavy atom. The number of hydrogen-bond donors (Lipinski definition) is 1. The third kappa shape index (κ3) is 12.1. The van der Waals surface area contributed by atoms with Crippen LogP contribution in [0.4, 0.5) is 0 Å². The molecule has 0 saturated heterocycles. The molecule has 2 aliphatic rings. The molecule has 0 unspecified atom stereocenters. The van der Waals surface area contributed by atoms with Gasteiger partial charge >= 0.3 is 29.6 Å². The number of rotatable bonds is 7. The average Bonchev–Trinajstić information content (AvgIpc) is 3.70. The maximum Gasteiger partial charge on any atom is 1.00 e. The molecule has 200 valence electrons. The molecule has 2 aromatic heterocycles. The summed E-state index contributed by atoms with van der Waals surface area (Å²) in [5, 5.41) is 22.2. The summed E-state index contributed by atoms with van der Waals surface area (Å²) in [4.78, 5) is 8.16. The molecule has 37 heavy (non-hydrogen) atoms. The quantitative estimate of drug-likeness (QED) is 0.351. The minimum atomic E-state index is -0.342. The van der Waals surface area contributed by atoms with Gasteiger partial charge in [0.2, 0.25) is 15.2 Å². The van der Waals surface area contributed by atoms with Crippen LogP contribution in [0, 0.1) is 23.2 Å². The Morgan fingerprint density at radius 3 is 1.68 bits per heavy atom. The van der Waals surface area contributed by atoms with Crippen molar-refractivity contribution in [2.75, 3.05) is 6.61 Å². The number of aromatic nitrogens is 2. The zero-order valence-corrected chi connectivity index (χ0v) is 30.0. The van der Waals surface area contributed by atoms with Gasteiger partial charge in [-0.1, -0.05) is 93.8 Å². The molecule has 2 fully saturated rings. The number of nitrogens with zero attached hydrogens (tertiary/aromatic N) is 3. The van der Waals surface area contributed by atoms with Gasteiger partial charge in [0.15, 0.2) is 0 Å². The number of aliphatic hydroxyl groups excluding tert-OH is 1. The minimum absolute atomic E-state index is 0. The fourth-order valence-electron chi connectivity index (χ4n) is 3.74. The summed E-state index contributed by atoms with van der Waals surface area (Å²) in [5.74, 6) is 1.91. The monoisotopic (exact) mass is 699 g/mol. The molecular weight excluding hydrogens is 662 g/mol. The molecular formula is C26H40AlBBr2Cl2N3NaO. The summed E-state index contributed by atoms with van der Waals surface area (Å²) in [5.41, 5.74) is 1.40. The van der Waals surface area contributed by atoms with Crippen LogP contribution < -0.4 is 29.6 Å². The molecule has 0 amide bonds. The third-order valence-electron chi connectivity index (χ3n) is 6.40. The smallest absolute Gasteiger partial charge is 0.395 e. The third-order valence-corrected chi connectivity index (χ3v) is 11.0.